The molecule has 0 heterocycles. The molecule has 1 saturated carbocycles. The molecule has 0 bridgehead atoms. The summed E-state index contributed by atoms with van der Waals surface area (Å²) in [7, 11) is 0. The standard InChI is InChI=1S/C16H23NO2/c18-16(19)11-13-7-5-6-8-14(13)12-17-15-9-3-1-2-4-10-15/h5-8,15,17H,1-4,9-12H2,(H,18,19). The van der Waals surface area contributed by atoms with Gasteiger partial charge in [0.1, 0.15) is 0 Å². The molecule has 3 nitrogen and oxygen atoms in total. The third kappa shape index (κ3) is 4.67. The van der Waals surface area contributed by atoms with E-state index in [0.717, 1.165) is 17.7 Å². The number of rotatable bonds is 5. The molecule has 19 heavy (non-hydrogen) atoms. The summed E-state index contributed by atoms with van der Waals surface area (Å²) < 4.78 is 0. The number of aliphatic carboxylic acids is 1. The topological polar surface area (TPSA) is 49.3 Å². The lowest BCUT2D eigenvalue weighted by molar-refractivity contribution is -0.136. The van der Waals surface area contributed by atoms with Gasteiger partial charge in [-0.1, -0.05) is 49.9 Å². The Hall–Kier alpha value is -1.35. The van der Waals surface area contributed by atoms with Crippen molar-refractivity contribution in [1.82, 2.24) is 5.32 Å². The Labute approximate surface area is 115 Å². The Morgan fingerprint density at radius 3 is 2.37 bits per heavy atom. The fourth-order valence-corrected chi connectivity index (χ4v) is 2.80. The summed E-state index contributed by atoms with van der Waals surface area (Å²) >= 11 is 0. The Kier molecular flexibility index (Phi) is 5.40. The highest BCUT2D eigenvalue weighted by atomic mass is 16.4. The first-order chi connectivity index (χ1) is 9.25. The van der Waals surface area contributed by atoms with Crippen LogP contribution in [-0.2, 0) is 17.8 Å². The van der Waals surface area contributed by atoms with Crippen LogP contribution in [0.4, 0.5) is 0 Å². The maximum absolute atomic E-state index is 10.9. The smallest absolute Gasteiger partial charge is 0.307 e. The van der Waals surface area contributed by atoms with Gasteiger partial charge in [-0.2, -0.15) is 0 Å². The molecule has 0 saturated heterocycles. The molecule has 0 spiro atoms. The Morgan fingerprint density at radius 2 is 1.74 bits per heavy atom. The molecule has 0 radical (unpaired) electrons. The van der Waals surface area contributed by atoms with Crippen LogP contribution in [0.1, 0.15) is 49.7 Å². The SMILES string of the molecule is O=C(O)Cc1ccccc1CNC1CCCCCC1. The van der Waals surface area contributed by atoms with Crippen LogP contribution in [0, 0.1) is 0 Å². The monoisotopic (exact) mass is 261 g/mol. The molecule has 0 atom stereocenters. The lowest BCUT2D eigenvalue weighted by Gasteiger charge is -2.17. The van der Waals surface area contributed by atoms with Gasteiger partial charge in [-0.15, -0.1) is 0 Å². The molecule has 0 aliphatic heterocycles. The second-order valence-corrected chi connectivity index (χ2v) is 5.41. The van der Waals surface area contributed by atoms with E-state index in [1.54, 1.807) is 0 Å². The van der Waals surface area contributed by atoms with E-state index in [1.807, 2.05) is 24.3 Å². The zero-order valence-electron chi connectivity index (χ0n) is 11.4. The van der Waals surface area contributed by atoms with E-state index in [0.29, 0.717) is 6.04 Å². The molecule has 1 fully saturated rings. The average molecular weight is 261 g/mol. The Bertz CT molecular complexity index is 409. The van der Waals surface area contributed by atoms with E-state index in [4.69, 9.17) is 5.11 Å². The zero-order valence-corrected chi connectivity index (χ0v) is 11.4. The highest BCUT2D eigenvalue weighted by Crippen LogP contribution is 2.18. The highest BCUT2D eigenvalue weighted by molar-refractivity contribution is 5.70. The van der Waals surface area contributed by atoms with E-state index >= 15 is 0 Å². The number of carboxylic acid groups (broad SMARTS) is 1. The molecule has 1 aliphatic carbocycles. The van der Waals surface area contributed by atoms with Gasteiger partial charge in [0.2, 0.25) is 0 Å². The molecule has 2 N–H and O–H groups in total. The average Bonchev–Trinajstić information content (AvgIpc) is 2.65. The van der Waals surface area contributed by atoms with Gasteiger partial charge in [0, 0.05) is 12.6 Å². The van der Waals surface area contributed by atoms with Crippen molar-refractivity contribution in [2.45, 2.75) is 57.5 Å². The van der Waals surface area contributed by atoms with Gasteiger partial charge in [0.05, 0.1) is 6.42 Å². The van der Waals surface area contributed by atoms with E-state index < -0.39 is 5.97 Å². The second kappa shape index (κ2) is 7.29. The van der Waals surface area contributed by atoms with Crippen molar-refractivity contribution in [3.8, 4) is 0 Å². The van der Waals surface area contributed by atoms with Gasteiger partial charge in [0.25, 0.3) is 0 Å². The number of carboxylic acids is 1. The van der Waals surface area contributed by atoms with Crippen LogP contribution in [0.15, 0.2) is 24.3 Å². The van der Waals surface area contributed by atoms with Crippen LogP contribution < -0.4 is 5.32 Å². The Balaban J connectivity index is 1.92. The summed E-state index contributed by atoms with van der Waals surface area (Å²) in [6, 6.07) is 8.43. The quantitative estimate of drug-likeness (QED) is 0.801. The van der Waals surface area contributed by atoms with Gasteiger partial charge in [-0.3, -0.25) is 4.79 Å². The van der Waals surface area contributed by atoms with E-state index in [2.05, 4.69) is 5.32 Å². The van der Waals surface area contributed by atoms with Gasteiger partial charge in [-0.05, 0) is 24.0 Å². The van der Waals surface area contributed by atoms with E-state index in [9.17, 15) is 4.79 Å². The van der Waals surface area contributed by atoms with E-state index in [1.165, 1.54) is 38.5 Å². The van der Waals surface area contributed by atoms with Crippen molar-refractivity contribution in [3.05, 3.63) is 35.4 Å². The minimum atomic E-state index is -0.762. The van der Waals surface area contributed by atoms with Crippen LogP contribution in [0.3, 0.4) is 0 Å². The molecule has 2 rings (SSSR count). The van der Waals surface area contributed by atoms with Gasteiger partial charge in [0.15, 0.2) is 0 Å². The summed E-state index contributed by atoms with van der Waals surface area (Å²) in [6.45, 7) is 0.786. The first kappa shape index (κ1) is 14.1. The van der Waals surface area contributed by atoms with Crippen LogP contribution in [-0.4, -0.2) is 17.1 Å². The van der Waals surface area contributed by atoms with Crippen molar-refractivity contribution in [2.75, 3.05) is 0 Å². The lowest BCUT2D eigenvalue weighted by Crippen LogP contribution is -2.28. The minimum Gasteiger partial charge on any atom is -0.481 e. The molecule has 1 aliphatic rings. The van der Waals surface area contributed by atoms with Crippen LogP contribution in [0.25, 0.3) is 0 Å². The summed E-state index contributed by atoms with van der Waals surface area (Å²) in [5, 5.41) is 12.5. The number of nitrogens with one attached hydrogen (secondary N) is 1. The molecule has 3 heteroatoms. The highest BCUT2D eigenvalue weighted by Gasteiger charge is 2.12. The first-order valence-corrected chi connectivity index (χ1v) is 7.27. The predicted molar refractivity (Wildman–Crippen MR) is 76.1 cm³/mol. The number of hydrogen-bond donors (Lipinski definition) is 2. The van der Waals surface area contributed by atoms with Crippen molar-refractivity contribution in [1.29, 1.82) is 0 Å². The molecule has 104 valence electrons. The van der Waals surface area contributed by atoms with Crippen molar-refractivity contribution in [2.24, 2.45) is 0 Å². The molecule has 0 unspecified atom stereocenters. The summed E-state index contributed by atoms with van der Waals surface area (Å²) in [6.07, 6.45) is 7.95. The molecule has 0 aromatic heterocycles. The molecule has 1 aromatic rings. The van der Waals surface area contributed by atoms with Crippen molar-refractivity contribution >= 4 is 5.97 Å². The number of hydrogen-bond acceptors (Lipinski definition) is 2. The predicted octanol–water partition coefficient (Wildman–Crippen LogP) is 3.13. The third-order valence-corrected chi connectivity index (χ3v) is 3.90. The van der Waals surface area contributed by atoms with Crippen LogP contribution in [0.5, 0.6) is 0 Å². The number of carbonyl (C=O) groups is 1. The summed E-state index contributed by atoms with van der Waals surface area (Å²) in [5.74, 6) is -0.762. The normalized spacial score (nSPS) is 17.1. The first-order valence-electron chi connectivity index (χ1n) is 7.27. The van der Waals surface area contributed by atoms with Gasteiger partial charge < -0.3 is 10.4 Å². The largest absolute Gasteiger partial charge is 0.481 e. The Morgan fingerprint density at radius 1 is 1.11 bits per heavy atom. The molecule has 1 aromatic carbocycles. The van der Waals surface area contributed by atoms with Crippen molar-refractivity contribution < 1.29 is 9.90 Å². The molecule has 0 amide bonds. The van der Waals surface area contributed by atoms with E-state index in [-0.39, 0.29) is 6.42 Å². The van der Waals surface area contributed by atoms with Gasteiger partial charge >= 0.3 is 5.97 Å². The maximum Gasteiger partial charge on any atom is 0.307 e. The lowest BCUT2D eigenvalue weighted by atomic mass is 10.0. The van der Waals surface area contributed by atoms with Gasteiger partial charge in [-0.25, -0.2) is 0 Å². The van der Waals surface area contributed by atoms with Crippen molar-refractivity contribution in [3.63, 3.8) is 0 Å². The maximum atomic E-state index is 10.9. The summed E-state index contributed by atoms with van der Waals surface area (Å²) in [5.41, 5.74) is 2.05. The third-order valence-electron chi connectivity index (χ3n) is 3.90. The fourth-order valence-electron chi connectivity index (χ4n) is 2.80. The molecular weight excluding hydrogens is 238 g/mol. The zero-order chi connectivity index (χ0) is 13.5. The minimum absolute atomic E-state index is 0.114. The fraction of sp³-hybridized carbons (Fsp3) is 0.562. The van der Waals surface area contributed by atoms with Crippen LogP contribution in [0.2, 0.25) is 0 Å². The number of benzene rings is 1. The molecular formula is C16H23NO2. The second-order valence-electron chi connectivity index (χ2n) is 5.41. The summed E-state index contributed by atoms with van der Waals surface area (Å²) in [4.78, 5) is 10.9. The van der Waals surface area contributed by atoms with Crippen LogP contribution >= 0.6 is 0 Å².